The highest BCUT2D eigenvalue weighted by molar-refractivity contribution is 7.99. The van der Waals surface area contributed by atoms with Gasteiger partial charge in [-0.05, 0) is 24.5 Å². The van der Waals surface area contributed by atoms with Gasteiger partial charge in [-0.15, -0.1) is 10.2 Å². The molecule has 1 aliphatic carbocycles. The fraction of sp³-hybridized carbons (Fsp3) is 0.357. The highest BCUT2D eigenvalue weighted by Crippen LogP contribution is 2.39. The van der Waals surface area contributed by atoms with Crippen molar-refractivity contribution in [3.05, 3.63) is 40.7 Å². The number of amides is 1. The van der Waals surface area contributed by atoms with E-state index in [9.17, 15) is 4.79 Å². The fourth-order valence-corrected chi connectivity index (χ4v) is 2.92. The van der Waals surface area contributed by atoms with E-state index in [-0.39, 0.29) is 11.7 Å². The summed E-state index contributed by atoms with van der Waals surface area (Å²) in [6, 6.07) is 7.43. The Kier molecular flexibility index (Phi) is 4.54. The number of nitrogens with two attached hydrogens (primary N) is 1. The first-order chi connectivity index (χ1) is 10.6. The van der Waals surface area contributed by atoms with Gasteiger partial charge < -0.3 is 11.2 Å². The van der Waals surface area contributed by atoms with Gasteiger partial charge in [-0.3, -0.25) is 4.79 Å². The summed E-state index contributed by atoms with van der Waals surface area (Å²) in [4.78, 5) is 11.9. The highest BCUT2D eigenvalue weighted by Gasteiger charge is 2.29. The number of thioether (sulfide) groups is 1. The van der Waals surface area contributed by atoms with E-state index < -0.39 is 0 Å². The Morgan fingerprint density at radius 1 is 1.41 bits per heavy atom. The summed E-state index contributed by atoms with van der Waals surface area (Å²) in [7, 11) is 0. The smallest absolute Gasteiger partial charge is 0.230 e. The summed E-state index contributed by atoms with van der Waals surface area (Å²) in [6.07, 6.45) is 2.22. The quantitative estimate of drug-likeness (QED) is 0.621. The molecule has 22 heavy (non-hydrogen) atoms. The minimum absolute atomic E-state index is 0.0964. The molecule has 1 aliphatic rings. The lowest BCUT2D eigenvalue weighted by molar-refractivity contribution is -0.118. The zero-order valence-corrected chi connectivity index (χ0v) is 13.4. The Bertz CT molecular complexity index is 686. The van der Waals surface area contributed by atoms with Crippen molar-refractivity contribution in [1.29, 1.82) is 0 Å². The molecule has 1 aromatic heterocycles. The molecular formula is C14H16ClN5OS. The molecule has 0 aliphatic heterocycles. The summed E-state index contributed by atoms with van der Waals surface area (Å²) in [5.41, 5.74) is 0.889. The van der Waals surface area contributed by atoms with Gasteiger partial charge in [-0.1, -0.05) is 41.6 Å². The average Bonchev–Trinajstić information content (AvgIpc) is 3.28. The first kappa shape index (κ1) is 15.2. The van der Waals surface area contributed by atoms with E-state index in [2.05, 4.69) is 15.5 Å². The summed E-state index contributed by atoms with van der Waals surface area (Å²) < 4.78 is 1.49. The molecule has 0 atom stereocenters. The monoisotopic (exact) mass is 337 g/mol. The molecular weight excluding hydrogens is 322 g/mol. The van der Waals surface area contributed by atoms with Crippen LogP contribution in [0.4, 0.5) is 0 Å². The van der Waals surface area contributed by atoms with Crippen LogP contribution in [-0.4, -0.2) is 26.5 Å². The largest absolute Gasteiger partial charge is 0.351 e. The molecule has 1 saturated carbocycles. The lowest BCUT2D eigenvalue weighted by Gasteiger charge is -2.06. The Balaban J connectivity index is 1.49. The second-order valence-corrected chi connectivity index (χ2v) is 6.49. The molecule has 1 heterocycles. The highest BCUT2D eigenvalue weighted by atomic mass is 35.5. The van der Waals surface area contributed by atoms with Crippen molar-refractivity contribution in [2.75, 3.05) is 11.6 Å². The molecule has 0 radical (unpaired) electrons. The van der Waals surface area contributed by atoms with Crippen LogP contribution < -0.4 is 11.2 Å². The third kappa shape index (κ3) is 3.53. The van der Waals surface area contributed by atoms with Crippen LogP contribution in [0.1, 0.15) is 30.1 Å². The number of halogens is 1. The lowest BCUT2D eigenvalue weighted by atomic mass is 10.2. The third-order valence-corrected chi connectivity index (χ3v) is 4.71. The zero-order valence-electron chi connectivity index (χ0n) is 11.8. The van der Waals surface area contributed by atoms with Crippen LogP contribution in [0.15, 0.2) is 29.4 Å². The minimum atomic E-state index is -0.0964. The molecule has 3 N–H and O–H groups in total. The van der Waals surface area contributed by atoms with Gasteiger partial charge in [0.25, 0.3) is 0 Å². The van der Waals surface area contributed by atoms with Crippen LogP contribution in [-0.2, 0) is 11.3 Å². The van der Waals surface area contributed by atoms with Crippen LogP contribution >= 0.6 is 23.4 Å². The third-order valence-electron chi connectivity index (χ3n) is 3.40. The number of nitrogens with zero attached hydrogens (tertiary/aromatic N) is 3. The van der Waals surface area contributed by atoms with E-state index in [1.54, 1.807) is 6.07 Å². The van der Waals surface area contributed by atoms with Crippen LogP contribution in [0.2, 0.25) is 5.02 Å². The summed E-state index contributed by atoms with van der Waals surface area (Å²) in [5.74, 6) is 7.32. The maximum Gasteiger partial charge on any atom is 0.230 e. The summed E-state index contributed by atoms with van der Waals surface area (Å²) >= 11 is 7.32. The van der Waals surface area contributed by atoms with E-state index in [0.717, 1.165) is 24.2 Å². The molecule has 0 bridgehead atoms. The van der Waals surface area contributed by atoms with Crippen LogP contribution in [0.25, 0.3) is 0 Å². The second-order valence-electron chi connectivity index (χ2n) is 5.14. The summed E-state index contributed by atoms with van der Waals surface area (Å²) in [5, 5.41) is 12.1. The van der Waals surface area contributed by atoms with Gasteiger partial charge in [0.1, 0.15) is 0 Å². The number of rotatable bonds is 6. The number of nitrogens with one attached hydrogen (secondary N) is 1. The number of benzene rings is 1. The van der Waals surface area contributed by atoms with Crippen molar-refractivity contribution in [3.63, 3.8) is 0 Å². The SMILES string of the molecule is Nn1c(SCC(=O)NCc2ccccc2Cl)nnc1C1CC1. The van der Waals surface area contributed by atoms with E-state index in [1.165, 1.54) is 16.4 Å². The average molecular weight is 338 g/mol. The van der Waals surface area contributed by atoms with E-state index >= 15 is 0 Å². The molecule has 0 unspecified atom stereocenters. The van der Waals surface area contributed by atoms with Crippen LogP contribution in [0.5, 0.6) is 0 Å². The Morgan fingerprint density at radius 3 is 2.91 bits per heavy atom. The Morgan fingerprint density at radius 2 is 2.18 bits per heavy atom. The number of aromatic nitrogens is 3. The van der Waals surface area contributed by atoms with Crippen molar-refractivity contribution >= 4 is 29.3 Å². The van der Waals surface area contributed by atoms with Crippen molar-refractivity contribution in [1.82, 2.24) is 20.2 Å². The summed E-state index contributed by atoms with van der Waals surface area (Å²) in [6.45, 7) is 0.404. The maximum atomic E-state index is 11.9. The molecule has 1 fully saturated rings. The van der Waals surface area contributed by atoms with E-state index in [4.69, 9.17) is 17.4 Å². The first-order valence-electron chi connectivity index (χ1n) is 6.98. The van der Waals surface area contributed by atoms with Gasteiger partial charge in [0.2, 0.25) is 11.1 Å². The lowest BCUT2D eigenvalue weighted by Crippen LogP contribution is -2.25. The maximum absolute atomic E-state index is 11.9. The number of hydrogen-bond acceptors (Lipinski definition) is 5. The number of carbonyl (C=O) groups excluding carboxylic acids is 1. The van der Waals surface area contributed by atoms with Crippen molar-refractivity contribution in [2.24, 2.45) is 0 Å². The molecule has 6 nitrogen and oxygen atoms in total. The van der Waals surface area contributed by atoms with Crippen molar-refractivity contribution in [2.45, 2.75) is 30.5 Å². The minimum Gasteiger partial charge on any atom is -0.351 e. The van der Waals surface area contributed by atoms with Gasteiger partial charge in [0.05, 0.1) is 5.75 Å². The predicted molar refractivity (Wildman–Crippen MR) is 86.2 cm³/mol. The van der Waals surface area contributed by atoms with E-state index in [0.29, 0.717) is 22.6 Å². The van der Waals surface area contributed by atoms with E-state index in [1.807, 2.05) is 18.2 Å². The molecule has 8 heteroatoms. The zero-order chi connectivity index (χ0) is 15.5. The molecule has 0 saturated heterocycles. The first-order valence-corrected chi connectivity index (χ1v) is 8.35. The number of carbonyl (C=O) groups is 1. The fourth-order valence-electron chi connectivity index (χ4n) is 2.02. The Hall–Kier alpha value is -1.73. The van der Waals surface area contributed by atoms with Gasteiger partial charge in [-0.2, -0.15) is 0 Å². The molecule has 2 aromatic rings. The standard InChI is InChI=1S/C14H16ClN5OS/c15-11-4-2-1-3-10(11)7-17-12(21)8-22-14-19-18-13(20(14)16)9-5-6-9/h1-4,9H,5-8,16H2,(H,17,21). The number of nitrogen functional groups attached to an aromatic ring is 1. The second kappa shape index (κ2) is 6.58. The normalized spacial score (nSPS) is 14.0. The molecule has 1 aromatic carbocycles. The molecule has 3 rings (SSSR count). The van der Waals surface area contributed by atoms with Crippen LogP contribution in [0.3, 0.4) is 0 Å². The van der Waals surface area contributed by atoms with Gasteiger partial charge in [0.15, 0.2) is 5.82 Å². The van der Waals surface area contributed by atoms with Crippen molar-refractivity contribution in [3.8, 4) is 0 Å². The Labute approximate surface area is 137 Å². The molecule has 116 valence electrons. The van der Waals surface area contributed by atoms with Gasteiger partial charge in [-0.25, -0.2) is 4.68 Å². The van der Waals surface area contributed by atoms with Crippen molar-refractivity contribution < 1.29 is 4.79 Å². The number of hydrogen-bond donors (Lipinski definition) is 2. The topological polar surface area (TPSA) is 85.8 Å². The predicted octanol–water partition coefficient (Wildman–Crippen LogP) is 1.93. The molecule has 0 spiro atoms. The van der Waals surface area contributed by atoms with Crippen LogP contribution in [0, 0.1) is 0 Å². The van der Waals surface area contributed by atoms with Gasteiger partial charge >= 0.3 is 0 Å². The van der Waals surface area contributed by atoms with Gasteiger partial charge in [0, 0.05) is 17.5 Å². The molecule has 1 amide bonds.